The molecule has 0 radical (unpaired) electrons. The second kappa shape index (κ2) is 14.6. The fraction of sp³-hybridized carbons (Fsp3) is 0.682. The lowest BCUT2D eigenvalue weighted by molar-refractivity contribution is -0.142. The maximum atomic E-state index is 13.1. The molecule has 7 N–H and O–H groups in total. The van der Waals surface area contributed by atoms with Crippen LogP contribution in [0.1, 0.15) is 46.2 Å². The number of aliphatic carboxylic acids is 1. The van der Waals surface area contributed by atoms with Gasteiger partial charge in [-0.1, -0.05) is 34.1 Å². The van der Waals surface area contributed by atoms with Gasteiger partial charge >= 0.3 is 5.97 Å². The molecule has 0 bridgehead atoms. The van der Waals surface area contributed by atoms with Crippen molar-refractivity contribution in [2.75, 3.05) is 12.0 Å². The van der Waals surface area contributed by atoms with Gasteiger partial charge in [0, 0.05) is 18.3 Å². The third kappa shape index (κ3) is 9.34. The summed E-state index contributed by atoms with van der Waals surface area (Å²) in [4.78, 5) is 56.9. The molecule has 1 aromatic heterocycles. The molecule has 0 aliphatic carbocycles. The summed E-state index contributed by atoms with van der Waals surface area (Å²) in [7, 11) is 0. The molecule has 0 spiro atoms. The first-order valence-electron chi connectivity index (χ1n) is 11.4. The molecule has 0 saturated carbocycles. The summed E-state index contributed by atoms with van der Waals surface area (Å²) >= 11 is 1.49. The van der Waals surface area contributed by atoms with Crippen LogP contribution in [0.15, 0.2) is 12.5 Å². The standard InChI is InChI=1S/C22H38N6O5S/c1-6-13(4)17(23)20(30)28-18(12(2)3)21(31)26-15(7-8-34-5)19(29)27-16(22(32)33)9-14-10-24-11-25-14/h10-13,15-18H,6-9,23H2,1-5H3,(H,24,25)(H,26,31)(H,27,29)(H,28,30)(H,32,33). The van der Waals surface area contributed by atoms with Crippen LogP contribution in [0.3, 0.4) is 0 Å². The van der Waals surface area contributed by atoms with E-state index in [4.69, 9.17) is 5.73 Å². The largest absolute Gasteiger partial charge is 0.480 e. The average molecular weight is 499 g/mol. The minimum atomic E-state index is -1.20. The lowest BCUT2D eigenvalue weighted by Crippen LogP contribution is -2.59. The second-order valence-corrected chi connectivity index (χ2v) is 9.65. The van der Waals surface area contributed by atoms with Crippen LogP contribution in [0.4, 0.5) is 0 Å². The molecule has 1 aromatic rings. The van der Waals surface area contributed by atoms with Gasteiger partial charge in [0.15, 0.2) is 0 Å². The first-order chi connectivity index (χ1) is 16.0. The number of thioether (sulfide) groups is 1. The van der Waals surface area contributed by atoms with E-state index >= 15 is 0 Å². The number of carbonyl (C=O) groups is 4. The molecule has 3 amide bonds. The van der Waals surface area contributed by atoms with E-state index in [0.29, 0.717) is 24.3 Å². The molecule has 192 valence electrons. The van der Waals surface area contributed by atoms with E-state index in [1.54, 1.807) is 13.8 Å². The summed E-state index contributed by atoms with van der Waals surface area (Å²) in [5.41, 5.74) is 6.55. The van der Waals surface area contributed by atoms with E-state index in [-0.39, 0.29) is 18.3 Å². The molecule has 34 heavy (non-hydrogen) atoms. The number of nitrogens with two attached hydrogens (primary N) is 1. The minimum absolute atomic E-state index is 0.0163. The van der Waals surface area contributed by atoms with Crippen LogP contribution < -0.4 is 21.7 Å². The van der Waals surface area contributed by atoms with E-state index in [9.17, 15) is 24.3 Å². The number of amides is 3. The fourth-order valence-corrected chi connectivity index (χ4v) is 3.62. The molecule has 5 atom stereocenters. The number of rotatable bonds is 15. The van der Waals surface area contributed by atoms with Crippen LogP contribution >= 0.6 is 11.8 Å². The van der Waals surface area contributed by atoms with Gasteiger partial charge in [0.1, 0.15) is 18.1 Å². The van der Waals surface area contributed by atoms with Crippen molar-refractivity contribution in [1.82, 2.24) is 25.9 Å². The number of H-pyrrole nitrogens is 1. The highest BCUT2D eigenvalue weighted by Crippen LogP contribution is 2.10. The number of carboxylic acid groups (broad SMARTS) is 1. The van der Waals surface area contributed by atoms with Gasteiger partial charge in [-0.05, 0) is 30.3 Å². The van der Waals surface area contributed by atoms with E-state index < -0.39 is 47.9 Å². The zero-order valence-corrected chi connectivity index (χ0v) is 21.3. The van der Waals surface area contributed by atoms with Gasteiger partial charge in [-0.2, -0.15) is 11.8 Å². The van der Waals surface area contributed by atoms with Gasteiger partial charge in [-0.15, -0.1) is 0 Å². The number of aromatic amines is 1. The molecule has 12 heteroatoms. The predicted octanol–water partition coefficient (Wildman–Crippen LogP) is 0.274. The molecule has 1 heterocycles. The van der Waals surface area contributed by atoms with Crippen LogP contribution in [-0.4, -0.2) is 74.9 Å². The molecule has 0 saturated heterocycles. The number of nitrogens with one attached hydrogen (secondary N) is 4. The second-order valence-electron chi connectivity index (χ2n) is 8.66. The third-order valence-electron chi connectivity index (χ3n) is 5.64. The summed E-state index contributed by atoms with van der Waals surface area (Å²) in [6, 6.07) is -3.82. The van der Waals surface area contributed by atoms with Crippen molar-refractivity contribution in [2.45, 2.75) is 71.1 Å². The zero-order chi connectivity index (χ0) is 25.8. The highest BCUT2D eigenvalue weighted by Gasteiger charge is 2.32. The van der Waals surface area contributed by atoms with Crippen LogP contribution in [0.5, 0.6) is 0 Å². The predicted molar refractivity (Wildman–Crippen MR) is 131 cm³/mol. The van der Waals surface area contributed by atoms with Crippen molar-refractivity contribution in [3.8, 4) is 0 Å². The van der Waals surface area contributed by atoms with Crippen molar-refractivity contribution < 1.29 is 24.3 Å². The topological polar surface area (TPSA) is 179 Å². The number of hydrogen-bond donors (Lipinski definition) is 6. The number of imidazole rings is 1. The summed E-state index contributed by atoms with van der Waals surface area (Å²) in [6.45, 7) is 7.35. The van der Waals surface area contributed by atoms with E-state index in [2.05, 4.69) is 25.9 Å². The Balaban J connectivity index is 2.93. The summed E-state index contributed by atoms with van der Waals surface area (Å²) in [6.07, 6.45) is 5.79. The van der Waals surface area contributed by atoms with Crippen molar-refractivity contribution in [3.63, 3.8) is 0 Å². The van der Waals surface area contributed by atoms with Crippen molar-refractivity contribution in [1.29, 1.82) is 0 Å². The molecule has 0 aliphatic rings. The maximum absolute atomic E-state index is 13.1. The minimum Gasteiger partial charge on any atom is -0.480 e. The summed E-state index contributed by atoms with van der Waals surface area (Å²) < 4.78 is 0. The van der Waals surface area contributed by atoms with Gasteiger partial charge in [-0.3, -0.25) is 14.4 Å². The Morgan fingerprint density at radius 3 is 2.24 bits per heavy atom. The maximum Gasteiger partial charge on any atom is 0.326 e. The lowest BCUT2D eigenvalue weighted by Gasteiger charge is -2.27. The highest BCUT2D eigenvalue weighted by atomic mass is 32.2. The number of nitrogens with zero attached hydrogens (tertiary/aromatic N) is 1. The zero-order valence-electron chi connectivity index (χ0n) is 20.5. The van der Waals surface area contributed by atoms with Gasteiger partial charge in [0.2, 0.25) is 17.7 Å². The number of carbonyl (C=O) groups excluding carboxylic acids is 3. The van der Waals surface area contributed by atoms with E-state index in [0.717, 1.165) is 0 Å². The Kier molecular flexibility index (Phi) is 12.7. The van der Waals surface area contributed by atoms with Gasteiger partial charge in [0.05, 0.1) is 12.4 Å². The third-order valence-corrected chi connectivity index (χ3v) is 6.29. The van der Waals surface area contributed by atoms with E-state index in [1.165, 1.54) is 24.3 Å². The molecule has 0 aliphatic heterocycles. The molecular formula is C22H38N6O5S. The molecule has 11 nitrogen and oxygen atoms in total. The van der Waals surface area contributed by atoms with Gasteiger partial charge < -0.3 is 31.8 Å². The highest BCUT2D eigenvalue weighted by molar-refractivity contribution is 7.98. The molecule has 0 fully saturated rings. The van der Waals surface area contributed by atoms with Crippen LogP contribution in [0.2, 0.25) is 0 Å². The van der Waals surface area contributed by atoms with Crippen molar-refractivity contribution in [2.24, 2.45) is 17.6 Å². The Hall–Kier alpha value is -2.60. The van der Waals surface area contributed by atoms with Crippen LogP contribution in [0.25, 0.3) is 0 Å². The van der Waals surface area contributed by atoms with Crippen molar-refractivity contribution >= 4 is 35.5 Å². The Bertz CT molecular complexity index is 804. The normalized spacial score (nSPS) is 15.6. The molecule has 5 unspecified atom stereocenters. The van der Waals surface area contributed by atoms with Gasteiger partial charge in [0.25, 0.3) is 0 Å². The monoisotopic (exact) mass is 498 g/mol. The smallest absolute Gasteiger partial charge is 0.326 e. The first kappa shape index (κ1) is 29.4. The Labute approximate surface area is 204 Å². The van der Waals surface area contributed by atoms with E-state index in [1.807, 2.05) is 20.1 Å². The fourth-order valence-electron chi connectivity index (χ4n) is 3.15. The summed E-state index contributed by atoms with van der Waals surface area (Å²) in [5.74, 6) is -2.53. The number of hydrogen-bond acceptors (Lipinski definition) is 7. The SMILES string of the molecule is CCC(C)C(N)C(=O)NC(C(=O)NC(CCSC)C(=O)NC(Cc1cnc[nH]1)C(=O)O)C(C)C. The van der Waals surface area contributed by atoms with Crippen molar-refractivity contribution in [3.05, 3.63) is 18.2 Å². The molecule has 1 rings (SSSR count). The Morgan fingerprint density at radius 1 is 1.09 bits per heavy atom. The quantitative estimate of drug-likeness (QED) is 0.199. The first-order valence-corrected chi connectivity index (χ1v) is 12.8. The summed E-state index contributed by atoms with van der Waals surface area (Å²) in [5, 5.41) is 17.4. The van der Waals surface area contributed by atoms with Crippen LogP contribution in [-0.2, 0) is 25.6 Å². The lowest BCUT2D eigenvalue weighted by atomic mass is 9.97. The van der Waals surface area contributed by atoms with Crippen LogP contribution in [0, 0.1) is 11.8 Å². The van der Waals surface area contributed by atoms with Gasteiger partial charge in [-0.25, -0.2) is 9.78 Å². The Morgan fingerprint density at radius 2 is 1.74 bits per heavy atom. The number of carboxylic acids is 1. The molecular weight excluding hydrogens is 460 g/mol. The number of aromatic nitrogens is 2. The molecule has 0 aromatic carbocycles. The average Bonchev–Trinajstić information content (AvgIpc) is 3.30.